The van der Waals surface area contributed by atoms with Gasteiger partial charge in [0.05, 0.1) is 15.6 Å². The molecule has 0 saturated heterocycles. The average molecular weight is 419 g/mol. The molecule has 21 heavy (non-hydrogen) atoms. The summed E-state index contributed by atoms with van der Waals surface area (Å²) in [6.45, 7) is 5.97. The Hall–Kier alpha value is -0.0600. The van der Waals surface area contributed by atoms with E-state index in [1.54, 1.807) is 0 Å². The maximum atomic E-state index is 5.64. The first-order valence-corrected chi connectivity index (χ1v) is 9.54. The molecule has 0 amide bonds. The summed E-state index contributed by atoms with van der Waals surface area (Å²) < 4.78 is 7.67. The zero-order chi connectivity index (χ0) is 15.2. The van der Waals surface area contributed by atoms with Crippen LogP contribution in [0.25, 0.3) is 0 Å². The predicted molar refractivity (Wildman–Crippen MR) is 95.9 cm³/mol. The molecule has 4 heteroatoms. The van der Waals surface area contributed by atoms with Crippen LogP contribution in [0.4, 0.5) is 0 Å². The molecule has 118 valence electrons. The molecule has 2 unspecified atom stereocenters. The zero-order valence-electron chi connectivity index (χ0n) is 12.9. The quantitative estimate of drug-likeness (QED) is 0.622. The highest BCUT2D eigenvalue weighted by Crippen LogP contribution is 2.35. The maximum Gasteiger partial charge on any atom is 0.147 e. The molecule has 1 aromatic carbocycles. The number of nitrogens with one attached hydrogen (secondary N) is 1. The number of benzene rings is 1. The lowest BCUT2D eigenvalue weighted by Gasteiger charge is -2.23. The van der Waals surface area contributed by atoms with E-state index in [-0.39, 0.29) is 0 Å². The smallest absolute Gasteiger partial charge is 0.147 e. The van der Waals surface area contributed by atoms with E-state index in [0.717, 1.165) is 27.2 Å². The molecule has 2 nitrogen and oxygen atoms in total. The van der Waals surface area contributed by atoms with E-state index < -0.39 is 0 Å². The Bertz CT molecular complexity index is 441. The summed E-state index contributed by atoms with van der Waals surface area (Å²) >= 11 is 7.21. The number of ether oxygens (including phenoxy) is 1. The van der Waals surface area contributed by atoms with Crippen molar-refractivity contribution in [1.82, 2.24) is 5.32 Å². The highest BCUT2D eigenvalue weighted by atomic mass is 79.9. The van der Waals surface area contributed by atoms with Crippen molar-refractivity contribution in [3.63, 3.8) is 0 Å². The number of hydrogen-bond donors (Lipinski definition) is 1. The van der Waals surface area contributed by atoms with E-state index in [1.165, 1.54) is 37.7 Å². The average Bonchev–Trinajstić information content (AvgIpc) is 2.65. The normalized spacial score (nSPS) is 22.9. The van der Waals surface area contributed by atoms with Crippen LogP contribution in [0, 0.1) is 5.92 Å². The van der Waals surface area contributed by atoms with Gasteiger partial charge in [0, 0.05) is 12.6 Å². The summed E-state index contributed by atoms with van der Waals surface area (Å²) in [5.41, 5.74) is 1.29. The highest BCUT2D eigenvalue weighted by Gasteiger charge is 2.19. The van der Waals surface area contributed by atoms with E-state index in [2.05, 4.69) is 56.2 Å². The first-order valence-electron chi connectivity index (χ1n) is 7.96. The van der Waals surface area contributed by atoms with Crippen LogP contribution in [-0.4, -0.2) is 12.6 Å². The van der Waals surface area contributed by atoms with Crippen LogP contribution in [-0.2, 0) is 6.54 Å². The van der Waals surface area contributed by atoms with Crippen molar-refractivity contribution < 1.29 is 4.74 Å². The standard InChI is InChI=1S/C17H25Br2NO/c1-3-21-17-14(18)9-13(10-15(17)19)11-20-16-8-6-4-5-7-12(16)2/h9-10,12,16,20H,3-8,11H2,1-2H3. The van der Waals surface area contributed by atoms with Crippen molar-refractivity contribution in [1.29, 1.82) is 0 Å². The van der Waals surface area contributed by atoms with E-state index >= 15 is 0 Å². The summed E-state index contributed by atoms with van der Waals surface area (Å²) in [6, 6.07) is 4.96. The van der Waals surface area contributed by atoms with Gasteiger partial charge in [-0.3, -0.25) is 0 Å². The van der Waals surface area contributed by atoms with Gasteiger partial charge in [0.2, 0.25) is 0 Å². The van der Waals surface area contributed by atoms with Gasteiger partial charge < -0.3 is 10.1 Å². The molecule has 1 N–H and O–H groups in total. The minimum absolute atomic E-state index is 0.650. The van der Waals surface area contributed by atoms with Crippen LogP contribution in [0.3, 0.4) is 0 Å². The second-order valence-corrected chi connectivity index (χ2v) is 7.63. The molecule has 0 aromatic heterocycles. The van der Waals surface area contributed by atoms with Gasteiger partial charge >= 0.3 is 0 Å². The Morgan fingerprint density at radius 2 is 1.81 bits per heavy atom. The number of hydrogen-bond acceptors (Lipinski definition) is 2. The van der Waals surface area contributed by atoms with Crippen molar-refractivity contribution >= 4 is 31.9 Å². The molecule has 1 aliphatic carbocycles. The van der Waals surface area contributed by atoms with Crippen LogP contribution in [0.1, 0.15) is 51.5 Å². The third-order valence-electron chi connectivity index (χ3n) is 4.28. The molecule has 0 radical (unpaired) electrons. The lowest BCUT2D eigenvalue weighted by Crippen LogP contribution is -2.33. The van der Waals surface area contributed by atoms with E-state index in [1.807, 2.05) is 6.92 Å². The van der Waals surface area contributed by atoms with Gasteiger partial charge in [0.15, 0.2) is 0 Å². The molecule has 2 rings (SSSR count). The van der Waals surface area contributed by atoms with Crippen LogP contribution in [0.2, 0.25) is 0 Å². The van der Waals surface area contributed by atoms with Gasteiger partial charge in [-0.25, -0.2) is 0 Å². The molecule has 0 bridgehead atoms. The number of halogens is 2. The van der Waals surface area contributed by atoms with Crippen molar-refractivity contribution in [2.75, 3.05) is 6.61 Å². The molecule has 1 saturated carbocycles. The molecule has 0 aliphatic heterocycles. The molecule has 1 aromatic rings. The summed E-state index contributed by atoms with van der Waals surface area (Å²) in [4.78, 5) is 0. The Morgan fingerprint density at radius 1 is 1.14 bits per heavy atom. The lowest BCUT2D eigenvalue weighted by atomic mass is 9.97. The maximum absolute atomic E-state index is 5.64. The molecule has 0 spiro atoms. The Labute approximate surface area is 145 Å². The summed E-state index contributed by atoms with van der Waals surface area (Å²) in [7, 11) is 0. The SMILES string of the molecule is CCOc1c(Br)cc(CNC2CCCCCC2C)cc1Br. The van der Waals surface area contributed by atoms with Gasteiger partial charge in [0.25, 0.3) is 0 Å². The third kappa shape index (κ3) is 4.97. The second-order valence-electron chi connectivity index (χ2n) is 5.92. The molecule has 2 atom stereocenters. The predicted octanol–water partition coefficient (Wildman–Crippen LogP) is 5.67. The van der Waals surface area contributed by atoms with Gasteiger partial charge in [-0.2, -0.15) is 0 Å². The van der Waals surface area contributed by atoms with Gasteiger partial charge in [-0.15, -0.1) is 0 Å². The van der Waals surface area contributed by atoms with Crippen LogP contribution in [0.5, 0.6) is 5.75 Å². The minimum Gasteiger partial charge on any atom is -0.492 e. The largest absolute Gasteiger partial charge is 0.492 e. The summed E-state index contributed by atoms with van der Waals surface area (Å²) in [6.07, 6.45) is 6.80. The summed E-state index contributed by atoms with van der Waals surface area (Å²) in [5, 5.41) is 3.75. The van der Waals surface area contributed by atoms with Gasteiger partial charge in [0.1, 0.15) is 5.75 Å². The van der Waals surface area contributed by atoms with Crippen molar-refractivity contribution in [3.8, 4) is 5.75 Å². The Kier molecular flexibility index (Phi) is 7.03. The Morgan fingerprint density at radius 3 is 2.48 bits per heavy atom. The molecule has 1 fully saturated rings. The topological polar surface area (TPSA) is 21.3 Å². The van der Waals surface area contributed by atoms with Crippen molar-refractivity contribution in [3.05, 3.63) is 26.6 Å². The third-order valence-corrected chi connectivity index (χ3v) is 5.45. The first-order chi connectivity index (χ1) is 10.1. The highest BCUT2D eigenvalue weighted by molar-refractivity contribution is 9.11. The van der Waals surface area contributed by atoms with E-state index in [0.29, 0.717) is 12.6 Å². The monoisotopic (exact) mass is 417 g/mol. The van der Waals surface area contributed by atoms with Crippen molar-refractivity contribution in [2.24, 2.45) is 5.92 Å². The summed E-state index contributed by atoms with van der Waals surface area (Å²) in [5.74, 6) is 1.67. The first kappa shape index (κ1) is 17.3. The van der Waals surface area contributed by atoms with Gasteiger partial charge in [-0.05, 0) is 75.2 Å². The zero-order valence-corrected chi connectivity index (χ0v) is 16.1. The lowest BCUT2D eigenvalue weighted by molar-refractivity contribution is 0.335. The van der Waals surface area contributed by atoms with Crippen LogP contribution < -0.4 is 10.1 Å². The second kappa shape index (κ2) is 8.54. The minimum atomic E-state index is 0.650. The molecule has 1 aliphatic rings. The van der Waals surface area contributed by atoms with E-state index in [4.69, 9.17) is 4.74 Å². The van der Waals surface area contributed by atoms with Crippen LogP contribution >= 0.6 is 31.9 Å². The molecular weight excluding hydrogens is 394 g/mol. The number of rotatable bonds is 5. The van der Waals surface area contributed by atoms with Crippen molar-refractivity contribution in [2.45, 2.75) is 58.5 Å². The molecular formula is C17H25Br2NO. The van der Waals surface area contributed by atoms with Gasteiger partial charge in [-0.1, -0.05) is 26.2 Å². The van der Waals surface area contributed by atoms with Crippen LogP contribution in [0.15, 0.2) is 21.1 Å². The fourth-order valence-corrected chi connectivity index (χ4v) is 4.55. The Balaban J connectivity index is 1.99. The fraction of sp³-hybridized carbons (Fsp3) is 0.647. The molecule has 0 heterocycles. The fourth-order valence-electron chi connectivity index (χ4n) is 3.04. The van der Waals surface area contributed by atoms with E-state index in [9.17, 15) is 0 Å².